The number of ether oxygens (including phenoxy) is 1. The van der Waals surface area contributed by atoms with Gasteiger partial charge in [0.2, 0.25) is 0 Å². The van der Waals surface area contributed by atoms with Crippen molar-refractivity contribution >= 4 is 0 Å². The lowest BCUT2D eigenvalue weighted by Gasteiger charge is -2.23. The van der Waals surface area contributed by atoms with Crippen molar-refractivity contribution in [3.05, 3.63) is 35.4 Å². The van der Waals surface area contributed by atoms with E-state index in [2.05, 4.69) is 5.32 Å². The Kier molecular flexibility index (Phi) is 5.78. The fourth-order valence-electron chi connectivity index (χ4n) is 1.77. The molecule has 1 rings (SSSR count). The van der Waals surface area contributed by atoms with Crippen LogP contribution in [-0.2, 0) is 10.9 Å². The fraction of sp³-hybridized carbons (Fsp3) is 0.538. The molecule has 2 unspecified atom stereocenters. The zero-order chi connectivity index (χ0) is 14.5. The van der Waals surface area contributed by atoms with E-state index in [0.29, 0.717) is 6.54 Å². The molecule has 0 radical (unpaired) electrons. The number of nitrogens with two attached hydrogens (primary N) is 1. The van der Waals surface area contributed by atoms with E-state index in [1.54, 1.807) is 13.2 Å². The highest BCUT2D eigenvalue weighted by atomic mass is 19.4. The van der Waals surface area contributed by atoms with Gasteiger partial charge in [0.1, 0.15) is 0 Å². The quantitative estimate of drug-likeness (QED) is 0.838. The molecule has 3 nitrogen and oxygen atoms in total. The van der Waals surface area contributed by atoms with Crippen LogP contribution in [0.15, 0.2) is 24.3 Å². The van der Waals surface area contributed by atoms with Gasteiger partial charge in [0.05, 0.1) is 11.7 Å². The van der Waals surface area contributed by atoms with E-state index in [9.17, 15) is 13.2 Å². The van der Waals surface area contributed by atoms with Gasteiger partial charge < -0.3 is 15.8 Å². The van der Waals surface area contributed by atoms with E-state index in [-0.39, 0.29) is 18.2 Å². The predicted octanol–water partition coefficient (Wildman–Crippen LogP) is 2.33. The van der Waals surface area contributed by atoms with Crippen LogP contribution >= 0.6 is 0 Å². The second kappa shape index (κ2) is 6.88. The topological polar surface area (TPSA) is 47.3 Å². The molecule has 1 aromatic carbocycles. The first-order valence-corrected chi connectivity index (χ1v) is 6.02. The van der Waals surface area contributed by atoms with Crippen molar-refractivity contribution in [2.24, 2.45) is 5.73 Å². The summed E-state index contributed by atoms with van der Waals surface area (Å²) in [5.41, 5.74) is 5.09. The lowest BCUT2D eigenvalue weighted by molar-refractivity contribution is -0.138. The normalized spacial score (nSPS) is 15.3. The van der Waals surface area contributed by atoms with Gasteiger partial charge in [0.15, 0.2) is 0 Å². The average Bonchev–Trinajstić information content (AvgIpc) is 2.38. The largest absolute Gasteiger partial charge is 0.416 e. The molecule has 0 heterocycles. The summed E-state index contributed by atoms with van der Waals surface area (Å²) in [6, 6.07) is 4.92. The Balaban J connectivity index is 2.92. The van der Waals surface area contributed by atoms with Crippen molar-refractivity contribution in [1.29, 1.82) is 0 Å². The number of methoxy groups -OCH3 is 1. The predicted molar refractivity (Wildman–Crippen MR) is 67.7 cm³/mol. The maximum Gasteiger partial charge on any atom is 0.416 e. The molecule has 3 N–H and O–H groups in total. The third kappa shape index (κ3) is 4.49. The SMILES string of the molecule is COC(C)CNC(CN)c1ccccc1C(F)(F)F. The van der Waals surface area contributed by atoms with Crippen molar-refractivity contribution in [3.8, 4) is 0 Å². The molecule has 19 heavy (non-hydrogen) atoms. The minimum Gasteiger partial charge on any atom is -0.380 e. The molecule has 6 heteroatoms. The van der Waals surface area contributed by atoms with Crippen molar-refractivity contribution < 1.29 is 17.9 Å². The molecule has 0 saturated heterocycles. The van der Waals surface area contributed by atoms with Crippen LogP contribution in [-0.4, -0.2) is 26.3 Å². The van der Waals surface area contributed by atoms with E-state index < -0.39 is 17.8 Å². The van der Waals surface area contributed by atoms with Crippen LogP contribution in [0.1, 0.15) is 24.1 Å². The monoisotopic (exact) mass is 276 g/mol. The Morgan fingerprint density at radius 1 is 1.32 bits per heavy atom. The van der Waals surface area contributed by atoms with Crippen LogP contribution < -0.4 is 11.1 Å². The van der Waals surface area contributed by atoms with E-state index in [0.717, 1.165) is 6.07 Å². The van der Waals surface area contributed by atoms with E-state index in [1.807, 2.05) is 6.92 Å². The molecule has 0 saturated carbocycles. The molecule has 0 spiro atoms. The first-order valence-electron chi connectivity index (χ1n) is 6.02. The Labute approximate surface area is 110 Å². The summed E-state index contributed by atoms with van der Waals surface area (Å²) in [5, 5.41) is 3.00. The molecule has 0 aromatic heterocycles. The molecule has 108 valence electrons. The summed E-state index contributed by atoms with van der Waals surface area (Å²) in [4.78, 5) is 0. The van der Waals surface area contributed by atoms with Gasteiger partial charge >= 0.3 is 6.18 Å². The van der Waals surface area contributed by atoms with Crippen LogP contribution in [0.2, 0.25) is 0 Å². The van der Waals surface area contributed by atoms with Crippen molar-refractivity contribution in [2.45, 2.75) is 25.2 Å². The van der Waals surface area contributed by atoms with Crippen molar-refractivity contribution in [2.75, 3.05) is 20.2 Å². The smallest absolute Gasteiger partial charge is 0.380 e. The molecular weight excluding hydrogens is 257 g/mol. The fourth-order valence-corrected chi connectivity index (χ4v) is 1.77. The number of nitrogens with one attached hydrogen (secondary N) is 1. The number of hydrogen-bond acceptors (Lipinski definition) is 3. The molecular formula is C13H19F3N2O. The average molecular weight is 276 g/mol. The molecule has 0 fully saturated rings. The standard InChI is InChI=1S/C13H19F3N2O/c1-9(19-2)8-18-12(7-17)10-5-3-4-6-11(10)13(14,15)16/h3-6,9,12,18H,7-8,17H2,1-2H3. The van der Waals surface area contributed by atoms with Gasteiger partial charge in [-0.3, -0.25) is 0 Å². The molecule has 0 aliphatic carbocycles. The number of hydrogen-bond donors (Lipinski definition) is 2. The number of alkyl halides is 3. The maximum absolute atomic E-state index is 12.9. The summed E-state index contributed by atoms with van der Waals surface area (Å²) >= 11 is 0. The summed E-state index contributed by atoms with van der Waals surface area (Å²) in [6.45, 7) is 2.35. The van der Waals surface area contributed by atoms with Crippen LogP contribution in [0.3, 0.4) is 0 Å². The highest BCUT2D eigenvalue weighted by molar-refractivity contribution is 5.32. The number of rotatable bonds is 6. The van der Waals surface area contributed by atoms with Crippen molar-refractivity contribution in [3.63, 3.8) is 0 Å². The summed E-state index contributed by atoms with van der Waals surface area (Å²) in [5.74, 6) is 0. The van der Waals surface area contributed by atoms with Crippen LogP contribution in [0.5, 0.6) is 0 Å². The second-order valence-corrected chi connectivity index (χ2v) is 4.33. The molecule has 0 aliphatic heterocycles. The van der Waals surface area contributed by atoms with Gasteiger partial charge in [0, 0.05) is 26.2 Å². The van der Waals surface area contributed by atoms with Crippen LogP contribution in [0, 0.1) is 0 Å². The lowest BCUT2D eigenvalue weighted by atomic mass is 9.99. The molecule has 1 aromatic rings. The Morgan fingerprint density at radius 3 is 2.47 bits per heavy atom. The second-order valence-electron chi connectivity index (χ2n) is 4.33. The van der Waals surface area contributed by atoms with E-state index >= 15 is 0 Å². The van der Waals surface area contributed by atoms with E-state index in [1.165, 1.54) is 12.1 Å². The van der Waals surface area contributed by atoms with Gasteiger partial charge in [-0.1, -0.05) is 18.2 Å². The van der Waals surface area contributed by atoms with E-state index in [4.69, 9.17) is 10.5 Å². The zero-order valence-electron chi connectivity index (χ0n) is 11.0. The van der Waals surface area contributed by atoms with Gasteiger partial charge in [-0.15, -0.1) is 0 Å². The summed E-state index contributed by atoms with van der Waals surface area (Å²) in [7, 11) is 1.55. The minimum absolute atomic E-state index is 0.0868. The minimum atomic E-state index is -4.38. The molecule has 0 bridgehead atoms. The molecule has 0 amide bonds. The lowest BCUT2D eigenvalue weighted by Crippen LogP contribution is -2.35. The zero-order valence-corrected chi connectivity index (χ0v) is 11.0. The summed E-state index contributed by atoms with van der Waals surface area (Å²) < 4.78 is 43.8. The van der Waals surface area contributed by atoms with Gasteiger partial charge in [-0.05, 0) is 18.6 Å². The Bertz CT molecular complexity index is 396. The molecule has 0 aliphatic rings. The highest BCUT2D eigenvalue weighted by Gasteiger charge is 2.34. The molecule has 2 atom stereocenters. The van der Waals surface area contributed by atoms with Crippen LogP contribution in [0.25, 0.3) is 0 Å². The first-order chi connectivity index (χ1) is 8.90. The third-order valence-corrected chi connectivity index (χ3v) is 2.93. The number of benzene rings is 1. The Morgan fingerprint density at radius 2 is 1.95 bits per heavy atom. The highest BCUT2D eigenvalue weighted by Crippen LogP contribution is 2.34. The number of halogens is 3. The van der Waals surface area contributed by atoms with Crippen LogP contribution in [0.4, 0.5) is 13.2 Å². The summed E-state index contributed by atoms with van der Waals surface area (Å²) in [6.07, 6.45) is -4.47. The van der Waals surface area contributed by atoms with Crippen molar-refractivity contribution in [1.82, 2.24) is 5.32 Å². The van der Waals surface area contributed by atoms with Gasteiger partial charge in [-0.2, -0.15) is 13.2 Å². The first kappa shape index (κ1) is 15.9. The third-order valence-electron chi connectivity index (χ3n) is 2.93. The maximum atomic E-state index is 12.9. The van der Waals surface area contributed by atoms with Gasteiger partial charge in [0.25, 0.3) is 0 Å². The van der Waals surface area contributed by atoms with Gasteiger partial charge in [-0.25, -0.2) is 0 Å². The Hall–Kier alpha value is -1.11.